The fourth-order valence-corrected chi connectivity index (χ4v) is 2.64. The van der Waals surface area contributed by atoms with Gasteiger partial charge in [0.25, 0.3) is 5.56 Å². The van der Waals surface area contributed by atoms with Gasteiger partial charge in [-0.05, 0) is 36.0 Å². The first-order valence-electron chi connectivity index (χ1n) is 6.56. The first-order chi connectivity index (χ1) is 10.6. The summed E-state index contributed by atoms with van der Waals surface area (Å²) in [5.41, 5.74) is 2.21. The Morgan fingerprint density at radius 3 is 2.91 bits per heavy atom. The van der Waals surface area contributed by atoms with Crippen LogP contribution in [0.15, 0.2) is 35.3 Å². The van der Waals surface area contributed by atoms with E-state index in [2.05, 4.69) is 9.97 Å². The molecule has 3 rings (SSSR count). The molecule has 0 saturated carbocycles. The van der Waals surface area contributed by atoms with Crippen molar-refractivity contribution in [3.8, 4) is 5.75 Å². The number of aromatic nitrogens is 3. The molecule has 0 fully saturated rings. The van der Waals surface area contributed by atoms with Crippen LogP contribution in [-0.4, -0.2) is 27.9 Å². The molecule has 7 heteroatoms. The van der Waals surface area contributed by atoms with Gasteiger partial charge in [-0.1, -0.05) is 6.07 Å². The van der Waals surface area contributed by atoms with E-state index in [0.29, 0.717) is 33.7 Å². The van der Waals surface area contributed by atoms with Crippen molar-refractivity contribution >= 4 is 29.5 Å². The number of carbonyl (C=O) groups excluding carboxylic acids is 1. The second-order valence-electron chi connectivity index (χ2n) is 4.77. The van der Waals surface area contributed by atoms with Crippen LogP contribution in [-0.2, 0) is 6.54 Å². The molecule has 0 spiro atoms. The number of aromatic amines is 2. The molecule has 0 aliphatic heterocycles. The molecule has 2 heterocycles. The number of ether oxygens (including phenoxy) is 1. The van der Waals surface area contributed by atoms with E-state index in [4.69, 9.17) is 17.0 Å². The van der Waals surface area contributed by atoms with Crippen molar-refractivity contribution in [1.29, 1.82) is 0 Å². The summed E-state index contributed by atoms with van der Waals surface area (Å²) < 4.78 is 7.21. The zero-order valence-corrected chi connectivity index (χ0v) is 12.6. The number of aldehydes is 1. The van der Waals surface area contributed by atoms with Gasteiger partial charge in [0, 0.05) is 11.8 Å². The number of benzene rings is 1. The molecule has 0 atom stereocenters. The van der Waals surface area contributed by atoms with Crippen LogP contribution in [0.4, 0.5) is 0 Å². The molecule has 22 heavy (non-hydrogen) atoms. The Kier molecular flexibility index (Phi) is 3.64. The summed E-state index contributed by atoms with van der Waals surface area (Å²) in [4.78, 5) is 28.6. The fraction of sp³-hybridized carbons (Fsp3) is 0.133. The van der Waals surface area contributed by atoms with E-state index in [1.54, 1.807) is 36.1 Å². The van der Waals surface area contributed by atoms with Crippen molar-refractivity contribution in [1.82, 2.24) is 14.5 Å². The van der Waals surface area contributed by atoms with Gasteiger partial charge < -0.3 is 14.3 Å². The Balaban J connectivity index is 2.15. The lowest BCUT2D eigenvalue weighted by Crippen LogP contribution is -2.15. The SMILES string of the molecule is COc1ccc(Cn2c(=S)[nH]c(=O)c3[nH]ccc32)c(C=O)c1. The standard InChI is InChI=1S/C15H13N3O3S/c1-21-11-3-2-9(10(6-11)8-19)7-18-12-4-5-16-13(12)14(20)17-15(18)22/h2-6,8,16H,7H2,1H3,(H,17,20,22). The summed E-state index contributed by atoms with van der Waals surface area (Å²) in [6, 6.07) is 7.05. The molecule has 2 aromatic heterocycles. The van der Waals surface area contributed by atoms with Crippen LogP contribution in [0.1, 0.15) is 15.9 Å². The molecule has 0 unspecified atom stereocenters. The van der Waals surface area contributed by atoms with E-state index in [-0.39, 0.29) is 5.56 Å². The summed E-state index contributed by atoms with van der Waals surface area (Å²) in [6.07, 6.45) is 2.46. The molecule has 0 amide bonds. The van der Waals surface area contributed by atoms with Gasteiger partial charge in [-0.25, -0.2) is 0 Å². The minimum Gasteiger partial charge on any atom is -0.497 e. The van der Waals surface area contributed by atoms with Crippen LogP contribution in [0.2, 0.25) is 0 Å². The molecule has 112 valence electrons. The molecule has 6 nitrogen and oxygen atoms in total. The third-order valence-corrected chi connectivity index (χ3v) is 3.84. The highest BCUT2D eigenvalue weighted by molar-refractivity contribution is 7.71. The van der Waals surface area contributed by atoms with Gasteiger partial charge in [-0.2, -0.15) is 0 Å². The first-order valence-corrected chi connectivity index (χ1v) is 6.97. The zero-order chi connectivity index (χ0) is 15.7. The van der Waals surface area contributed by atoms with Crippen molar-refractivity contribution in [3.05, 3.63) is 56.7 Å². The van der Waals surface area contributed by atoms with Crippen LogP contribution < -0.4 is 10.3 Å². The Morgan fingerprint density at radius 1 is 1.36 bits per heavy atom. The van der Waals surface area contributed by atoms with E-state index in [0.717, 1.165) is 11.8 Å². The Labute approximate surface area is 130 Å². The van der Waals surface area contributed by atoms with Crippen LogP contribution >= 0.6 is 12.2 Å². The second-order valence-corrected chi connectivity index (χ2v) is 5.15. The van der Waals surface area contributed by atoms with Crippen molar-refractivity contribution in [2.24, 2.45) is 0 Å². The van der Waals surface area contributed by atoms with Crippen molar-refractivity contribution < 1.29 is 9.53 Å². The summed E-state index contributed by atoms with van der Waals surface area (Å²) in [7, 11) is 1.55. The average Bonchev–Trinajstić information content (AvgIpc) is 3.01. The normalized spacial score (nSPS) is 10.8. The van der Waals surface area contributed by atoms with E-state index in [9.17, 15) is 9.59 Å². The third kappa shape index (κ3) is 2.35. The monoisotopic (exact) mass is 315 g/mol. The quantitative estimate of drug-likeness (QED) is 0.572. The van der Waals surface area contributed by atoms with Crippen LogP contribution in [0.25, 0.3) is 11.0 Å². The molecule has 0 aliphatic carbocycles. The molecule has 0 aliphatic rings. The largest absolute Gasteiger partial charge is 0.497 e. The van der Waals surface area contributed by atoms with Gasteiger partial charge in [0.2, 0.25) is 0 Å². The lowest BCUT2D eigenvalue weighted by atomic mass is 10.1. The van der Waals surface area contributed by atoms with Gasteiger partial charge in [-0.15, -0.1) is 0 Å². The van der Waals surface area contributed by atoms with Crippen molar-refractivity contribution in [2.45, 2.75) is 6.54 Å². The summed E-state index contributed by atoms with van der Waals surface area (Å²) in [5.74, 6) is 0.614. The molecular weight excluding hydrogens is 302 g/mol. The van der Waals surface area contributed by atoms with Gasteiger partial charge in [-0.3, -0.25) is 14.6 Å². The highest BCUT2D eigenvalue weighted by atomic mass is 32.1. The predicted octanol–water partition coefficient (Wildman–Crippen LogP) is 2.26. The molecule has 0 saturated heterocycles. The molecule has 0 bridgehead atoms. The molecule has 0 radical (unpaired) electrons. The van der Waals surface area contributed by atoms with E-state index < -0.39 is 0 Å². The smallest absolute Gasteiger partial charge is 0.276 e. The number of methoxy groups -OCH3 is 1. The number of fused-ring (bicyclic) bond motifs is 1. The highest BCUT2D eigenvalue weighted by Crippen LogP contribution is 2.19. The maximum absolute atomic E-state index is 11.8. The molecule has 3 aromatic rings. The zero-order valence-electron chi connectivity index (χ0n) is 11.8. The lowest BCUT2D eigenvalue weighted by Gasteiger charge is -2.11. The van der Waals surface area contributed by atoms with E-state index >= 15 is 0 Å². The number of nitrogens with zero attached hydrogens (tertiary/aromatic N) is 1. The molecular formula is C15H13N3O3S. The number of nitrogens with one attached hydrogen (secondary N) is 2. The second kappa shape index (κ2) is 5.61. The van der Waals surface area contributed by atoms with Gasteiger partial charge in [0.05, 0.1) is 19.2 Å². The van der Waals surface area contributed by atoms with Gasteiger partial charge in [0.15, 0.2) is 11.1 Å². The molecule has 1 aromatic carbocycles. The number of hydrogen-bond acceptors (Lipinski definition) is 4. The third-order valence-electron chi connectivity index (χ3n) is 3.52. The highest BCUT2D eigenvalue weighted by Gasteiger charge is 2.10. The Morgan fingerprint density at radius 2 is 2.18 bits per heavy atom. The number of carbonyl (C=O) groups is 1. The summed E-state index contributed by atoms with van der Waals surface area (Å²) >= 11 is 5.24. The molecule has 2 N–H and O–H groups in total. The fourth-order valence-electron chi connectivity index (χ4n) is 2.39. The minimum absolute atomic E-state index is 0.258. The van der Waals surface area contributed by atoms with E-state index in [1.165, 1.54) is 0 Å². The Bertz CT molecular complexity index is 968. The first kappa shape index (κ1) is 14.3. The average molecular weight is 315 g/mol. The topological polar surface area (TPSA) is 79.9 Å². The number of hydrogen-bond donors (Lipinski definition) is 2. The summed E-state index contributed by atoms with van der Waals surface area (Å²) in [6.45, 7) is 0.377. The Hall–Kier alpha value is -2.67. The maximum atomic E-state index is 11.8. The number of H-pyrrole nitrogens is 2. The maximum Gasteiger partial charge on any atom is 0.276 e. The van der Waals surface area contributed by atoms with E-state index in [1.807, 2.05) is 6.07 Å². The van der Waals surface area contributed by atoms with Gasteiger partial charge in [0.1, 0.15) is 11.3 Å². The minimum atomic E-state index is -0.258. The van der Waals surface area contributed by atoms with Crippen molar-refractivity contribution in [2.75, 3.05) is 7.11 Å². The van der Waals surface area contributed by atoms with Gasteiger partial charge >= 0.3 is 0 Å². The van der Waals surface area contributed by atoms with Crippen molar-refractivity contribution in [3.63, 3.8) is 0 Å². The predicted molar refractivity (Wildman–Crippen MR) is 85.2 cm³/mol. The lowest BCUT2D eigenvalue weighted by molar-refractivity contribution is 0.112. The summed E-state index contributed by atoms with van der Waals surface area (Å²) in [5, 5.41) is 0. The van der Waals surface area contributed by atoms with Crippen LogP contribution in [0, 0.1) is 4.77 Å². The van der Waals surface area contributed by atoms with Crippen LogP contribution in [0.3, 0.4) is 0 Å². The van der Waals surface area contributed by atoms with Crippen LogP contribution in [0.5, 0.6) is 5.75 Å². The number of rotatable bonds is 4.